The van der Waals surface area contributed by atoms with Crippen molar-refractivity contribution in [3.63, 3.8) is 0 Å². The maximum atomic E-state index is 12.9. The molecule has 0 fully saturated rings. The first-order valence-electron chi connectivity index (χ1n) is 9.29. The van der Waals surface area contributed by atoms with E-state index in [-0.39, 0.29) is 29.4 Å². The Kier molecular flexibility index (Phi) is 5.00. The van der Waals surface area contributed by atoms with Crippen molar-refractivity contribution in [3.8, 4) is 23.0 Å². The van der Waals surface area contributed by atoms with Gasteiger partial charge in [-0.3, -0.25) is 0 Å². The molecule has 0 saturated carbocycles. The van der Waals surface area contributed by atoms with Gasteiger partial charge in [0.15, 0.2) is 11.5 Å². The van der Waals surface area contributed by atoms with Crippen LogP contribution in [0.1, 0.15) is 22.3 Å². The minimum absolute atomic E-state index is 0.0528. The fourth-order valence-corrected chi connectivity index (χ4v) is 3.18. The summed E-state index contributed by atoms with van der Waals surface area (Å²) in [6.07, 6.45) is -4.42. The van der Waals surface area contributed by atoms with Crippen LogP contribution in [0.5, 0.6) is 11.5 Å². The van der Waals surface area contributed by atoms with E-state index in [4.69, 9.17) is 13.6 Å². The monoisotopic (exact) mass is 430 g/mol. The van der Waals surface area contributed by atoms with Crippen LogP contribution in [0.3, 0.4) is 0 Å². The molecular formula is C23H17F3O5. The fourth-order valence-electron chi connectivity index (χ4n) is 3.18. The van der Waals surface area contributed by atoms with Gasteiger partial charge in [-0.15, -0.1) is 0 Å². The van der Waals surface area contributed by atoms with Crippen molar-refractivity contribution < 1.29 is 31.8 Å². The number of fused-ring (bicyclic) bond motifs is 1. The second-order valence-electron chi connectivity index (χ2n) is 7.11. The highest BCUT2D eigenvalue weighted by Crippen LogP contribution is 2.35. The summed E-state index contributed by atoms with van der Waals surface area (Å²) in [6, 6.07) is 11.5. The molecule has 5 nitrogen and oxygen atoms in total. The Morgan fingerprint density at radius 2 is 1.77 bits per heavy atom. The predicted octanol–water partition coefficient (Wildman–Crippen LogP) is 5.97. The molecular weight excluding hydrogens is 413 g/mol. The number of furan rings is 1. The van der Waals surface area contributed by atoms with Gasteiger partial charge in [0.05, 0.1) is 11.1 Å². The van der Waals surface area contributed by atoms with Crippen molar-refractivity contribution in [1.29, 1.82) is 0 Å². The fraction of sp³-hybridized carbons (Fsp3) is 0.174. The zero-order chi connectivity index (χ0) is 22.3. The van der Waals surface area contributed by atoms with E-state index in [0.717, 1.165) is 12.1 Å². The van der Waals surface area contributed by atoms with E-state index in [1.165, 1.54) is 13.0 Å². The summed E-state index contributed by atoms with van der Waals surface area (Å²) in [5, 5.41) is 10.8. The molecule has 0 aliphatic carbocycles. The van der Waals surface area contributed by atoms with Crippen LogP contribution in [-0.2, 0) is 12.8 Å². The van der Waals surface area contributed by atoms with Crippen LogP contribution in [0, 0.1) is 13.8 Å². The van der Waals surface area contributed by atoms with E-state index in [0.29, 0.717) is 27.8 Å². The van der Waals surface area contributed by atoms with E-state index >= 15 is 0 Å². The van der Waals surface area contributed by atoms with Crippen LogP contribution in [0.15, 0.2) is 62.2 Å². The second kappa shape index (κ2) is 7.54. The number of ether oxygens (including phenoxy) is 1. The van der Waals surface area contributed by atoms with Crippen molar-refractivity contribution in [2.24, 2.45) is 0 Å². The number of aromatic hydroxyl groups is 1. The van der Waals surface area contributed by atoms with Gasteiger partial charge in [0.2, 0.25) is 0 Å². The summed E-state index contributed by atoms with van der Waals surface area (Å²) in [5.74, 6) is 0.623. The van der Waals surface area contributed by atoms with E-state index in [1.54, 1.807) is 37.3 Å². The molecule has 0 amide bonds. The van der Waals surface area contributed by atoms with Gasteiger partial charge in [0, 0.05) is 17.0 Å². The van der Waals surface area contributed by atoms with Crippen LogP contribution >= 0.6 is 0 Å². The van der Waals surface area contributed by atoms with Crippen molar-refractivity contribution in [2.75, 3.05) is 0 Å². The third-order valence-corrected chi connectivity index (χ3v) is 4.93. The van der Waals surface area contributed by atoms with Crippen LogP contribution < -0.4 is 10.4 Å². The average Bonchev–Trinajstić information content (AvgIpc) is 3.16. The van der Waals surface area contributed by atoms with Crippen molar-refractivity contribution in [2.45, 2.75) is 26.6 Å². The third kappa shape index (κ3) is 4.01. The van der Waals surface area contributed by atoms with Crippen molar-refractivity contribution >= 4 is 11.0 Å². The van der Waals surface area contributed by atoms with Crippen LogP contribution in [0.2, 0.25) is 0 Å². The molecule has 0 atom stereocenters. The molecule has 2 aromatic carbocycles. The standard InChI is InChI=1S/C23H17F3O5/c1-12-20(27)13(2)22(28)31-21(12)19-9-15-6-7-17(10-18(15)30-19)29-11-14-4-3-5-16(8-14)23(24,25)26/h3-10,27H,11H2,1-2H3. The highest BCUT2D eigenvalue weighted by atomic mass is 19.4. The van der Waals surface area contributed by atoms with E-state index in [2.05, 4.69) is 0 Å². The van der Waals surface area contributed by atoms with Gasteiger partial charge in [-0.05, 0) is 49.7 Å². The van der Waals surface area contributed by atoms with Gasteiger partial charge >= 0.3 is 11.8 Å². The quantitative estimate of drug-likeness (QED) is 0.432. The molecule has 0 aliphatic rings. The van der Waals surface area contributed by atoms with Crippen molar-refractivity contribution in [3.05, 3.63) is 81.2 Å². The molecule has 2 heterocycles. The number of rotatable bonds is 4. The van der Waals surface area contributed by atoms with Gasteiger partial charge in [0.25, 0.3) is 0 Å². The van der Waals surface area contributed by atoms with Gasteiger partial charge < -0.3 is 18.7 Å². The summed E-state index contributed by atoms with van der Waals surface area (Å²) >= 11 is 0. The summed E-state index contributed by atoms with van der Waals surface area (Å²) in [6.45, 7) is 3.02. The van der Waals surface area contributed by atoms with E-state index in [9.17, 15) is 23.1 Å². The highest BCUT2D eigenvalue weighted by molar-refractivity contribution is 5.83. The number of halogens is 3. The minimum Gasteiger partial charge on any atom is -0.507 e. The van der Waals surface area contributed by atoms with Gasteiger partial charge in [-0.2, -0.15) is 13.2 Å². The summed E-state index contributed by atoms with van der Waals surface area (Å²) < 4.78 is 55.2. The SMILES string of the molecule is Cc1c(-c2cc3ccc(OCc4cccc(C(F)(F)F)c4)cc3o2)oc(=O)c(C)c1O. The van der Waals surface area contributed by atoms with Crippen LogP contribution in [0.25, 0.3) is 22.5 Å². The lowest BCUT2D eigenvalue weighted by atomic mass is 10.1. The highest BCUT2D eigenvalue weighted by Gasteiger charge is 2.30. The van der Waals surface area contributed by atoms with Gasteiger partial charge in [-0.25, -0.2) is 4.79 Å². The molecule has 0 radical (unpaired) electrons. The molecule has 0 unspecified atom stereocenters. The molecule has 0 bridgehead atoms. The summed E-state index contributed by atoms with van der Waals surface area (Å²) in [7, 11) is 0. The normalized spacial score (nSPS) is 11.8. The zero-order valence-corrected chi connectivity index (χ0v) is 16.5. The summed E-state index contributed by atoms with van der Waals surface area (Å²) in [5.41, 5.74) is -0.109. The average molecular weight is 430 g/mol. The Labute approximate surface area is 174 Å². The maximum absolute atomic E-state index is 12.9. The number of hydrogen-bond acceptors (Lipinski definition) is 5. The third-order valence-electron chi connectivity index (χ3n) is 4.93. The molecule has 4 rings (SSSR count). The lowest BCUT2D eigenvalue weighted by Gasteiger charge is -2.10. The zero-order valence-electron chi connectivity index (χ0n) is 16.5. The number of benzene rings is 2. The van der Waals surface area contributed by atoms with E-state index in [1.807, 2.05) is 0 Å². The Hall–Kier alpha value is -3.68. The lowest BCUT2D eigenvalue weighted by Crippen LogP contribution is -2.06. The molecule has 1 N–H and O–H groups in total. The first-order chi connectivity index (χ1) is 14.6. The largest absolute Gasteiger partial charge is 0.507 e. The molecule has 2 aromatic heterocycles. The smallest absolute Gasteiger partial charge is 0.416 e. The molecule has 160 valence electrons. The first kappa shape index (κ1) is 20.6. The Bertz CT molecular complexity index is 1330. The molecule has 4 aromatic rings. The predicted molar refractivity (Wildman–Crippen MR) is 107 cm³/mol. The Morgan fingerprint density at radius 3 is 2.52 bits per heavy atom. The van der Waals surface area contributed by atoms with E-state index < -0.39 is 17.4 Å². The number of alkyl halides is 3. The topological polar surface area (TPSA) is 72.8 Å². The Balaban J connectivity index is 1.60. The first-order valence-corrected chi connectivity index (χ1v) is 9.29. The molecule has 31 heavy (non-hydrogen) atoms. The molecule has 0 spiro atoms. The second-order valence-corrected chi connectivity index (χ2v) is 7.11. The van der Waals surface area contributed by atoms with Crippen LogP contribution in [0.4, 0.5) is 13.2 Å². The molecule has 8 heteroatoms. The number of hydrogen-bond donors (Lipinski definition) is 1. The Morgan fingerprint density at radius 1 is 1.00 bits per heavy atom. The summed E-state index contributed by atoms with van der Waals surface area (Å²) in [4.78, 5) is 11.9. The molecule has 0 aliphatic heterocycles. The minimum atomic E-state index is -4.42. The van der Waals surface area contributed by atoms with Crippen molar-refractivity contribution in [1.82, 2.24) is 0 Å². The van der Waals surface area contributed by atoms with Gasteiger partial charge in [-0.1, -0.05) is 12.1 Å². The maximum Gasteiger partial charge on any atom is 0.416 e. The van der Waals surface area contributed by atoms with Gasteiger partial charge in [0.1, 0.15) is 23.7 Å². The van der Waals surface area contributed by atoms with Crippen LogP contribution in [-0.4, -0.2) is 5.11 Å². The molecule has 0 saturated heterocycles. The lowest BCUT2D eigenvalue weighted by molar-refractivity contribution is -0.137.